The molecule has 0 aliphatic carbocycles. The maximum atomic E-state index is 12.6. The molecule has 0 spiro atoms. The zero-order valence-electron chi connectivity index (χ0n) is 22.6. The quantitative estimate of drug-likeness (QED) is 0.439. The van der Waals surface area contributed by atoms with Crippen LogP contribution >= 0.6 is 0 Å². The highest BCUT2D eigenvalue weighted by molar-refractivity contribution is 5.92. The first kappa shape index (κ1) is 25.4. The number of amides is 1. The smallest absolute Gasteiger partial charge is 0.236 e. The summed E-state index contributed by atoms with van der Waals surface area (Å²) in [6.45, 7) is 16.3. The number of piperidine rings is 1. The summed E-state index contributed by atoms with van der Waals surface area (Å²) in [5.41, 5.74) is 8.56. The highest BCUT2D eigenvalue weighted by Crippen LogP contribution is 2.38. The standard InChI is InChI=1S/C30H42N4O/c1-19(2)17-33(7)28(35)18-34-12-10-23(11-13-34)24-8-9-27-26(16-24)29(20(3)4)30(32-27)25-14-21(5)31-22(6)15-25/h8-9,14-16,19-20,23,32H,10-13,17-18H2,1-7H3. The summed E-state index contributed by atoms with van der Waals surface area (Å²) in [5.74, 6) is 1.70. The third-order valence-corrected chi connectivity index (χ3v) is 7.29. The molecule has 0 radical (unpaired) electrons. The van der Waals surface area contributed by atoms with E-state index in [4.69, 9.17) is 0 Å². The fourth-order valence-electron chi connectivity index (χ4n) is 5.68. The number of hydrogen-bond donors (Lipinski definition) is 1. The molecule has 1 saturated heterocycles. The van der Waals surface area contributed by atoms with E-state index in [0.717, 1.165) is 43.9 Å². The van der Waals surface area contributed by atoms with Gasteiger partial charge in [-0.3, -0.25) is 14.7 Å². The van der Waals surface area contributed by atoms with Crippen molar-refractivity contribution in [3.63, 3.8) is 0 Å². The Morgan fingerprint density at radius 2 is 1.74 bits per heavy atom. The molecule has 1 aliphatic rings. The van der Waals surface area contributed by atoms with Gasteiger partial charge < -0.3 is 9.88 Å². The van der Waals surface area contributed by atoms with Gasteiger partial charge in [0.15, 0.2) is 0 Å². The molecule has 1 fully saturated rings. The Bertz CT molecular complexity index is 1160. The molecule has 0 atom stereocenters. The van der Waals surface area contributed by atoms with Crippen LogP contribution in [0.4, 0.5) is 0 Å². The summed E-state index contributed by atoms with van der Waals surface area (Å²) < 4.78 is 0. The number of aromatic amines is 1. The van der Waals surface area contributed by atoms with E-state index in [1.54, 1.807) is 0 Å². The third kappa shape index (κ3) is 5.78. The first-order chi connectivity index (χ1) is 16.6. The number of pyridine rings is 1. The van der Waals surface area contributed by atoms with E-state index >= 15 is 0 Å². The van der Waals surface area contributed by atoms with Gasteiger partial charge in [0.25, 0.3) is 0 Å². The highest BCUT2D eigenvalue weighted by atomic mass is 16.2. The van der Waals surface area contributed by atoms with Gasteiger partial charge in [0.2, 0.25) is 5.91 Å². The molecule has 1 aromatic carbocycles. The Morgan fingerprint density at radius 3 is 2.34 bits per heavy atom. The molecule has 3 aromatic rings. The lowest BCUT2D eigenvalue weighted by molar-refractivity contribution is -0.131. The van der Waals surface area contributed by atoms with Crippen LogP contribution in [0.25, 0.3) is 22.2 Å². The molecule has 1 N–H and O–H groups in total. The van der Waals surface area contributed by atoms with Crippen LogP contribution in [-0.2, 0) is 4.79 Å². The van der Waals surface area contributed by atoms with Crippen molar-refractivity contribution in [2.75, 3.05) is 33.2 Å². The normalized spacial score (nSPS) is 15.5. The number of carbonyl (C=O) groups is 1. The number of likely N-dealkylation sites (N-methyl/N-ethyl adjacent to an activating group) is 1. The summed E-state index contributed by atoms with van der Waals surface area (Å²) in [7, 11) is 1.93. The maximum absolute atomic E-state index is 12.6. The van der Waals surface area contributed by atoms with Crippen molar-refractivity contribution >= 4 is 16.8 Å². The Morgan fingerprint density at radius 1 is 1.09 bits per heavy atom. The van der Waals surface area contributed by atoms with Crippen LogP contribution in [0.5, 0.6) is 0 Å². The van der Waals surface area contributed by atoms with Gasteiger partial charge in [-0.15, -0.1) is 0 Å². The number of aromatic nitrogens is 2. The zero-order valence-corrected chi connectivity index (χ0v) is 22.6. The molecule has 4 rings (SSSR count). The molecule has 1 aliphatic heterocycles. The third-order valence-electron chi connectivity index (χ3n) is 7.29. The first-order valence-electron chi connectivity index (χ1n) is 13.2. The fraction of sp³-hybridized carbons (Fsp3) is 0.533. The van der Waals surface area contributed by atoms with Gasteiger partial charge >= 0.3 is 0 Å². The zero-order chi connectivity index (χ0) is 25.3. The van der Waals surface area contributed by atoms with Gasteiger partial charge in [0, 0.05) is 41.4 Å². The van der Waals surface area contributed by atoms with Crippen molar-refractivity contribution in [3.05, 3.63) is 52.8 Å². The first-order valence-corrected chi connectivity index (χ1v) is 13.2. The SMILES string of the molecule is Cc1cc(-c2[nH]c3ccc(C4CCN(CC(=O)N(C)CC(C)C)CC4)cc3c2C(C)C)cc(C)n1. The molecule has 3 heterocycles. The monoisotopic (exact) mass is 474 g/mol. The number of H-pyrrole nitrogens is 1. The van der Waals surface area contributed by atoms with Crippen LogP contribution in [0.3, 0.4) is 0 Å². The Balaban J connectivity index is 1.52. The lowest BCUT2D eigenvalue weighted by atomic mass is 9.87. The van der Waals surface area contributed by atoms with Gasteiger partial charge in [0.05, 0.1) is 12.2 Å². The van der Waals surface area contributed by atoms with E-state index in [0.29, 0.717) is 24.3 Å². The van der Waals surface area contributed by atoms with Gasteiger partial charge in [0.1, 0.15) is 0 Å². The van der Waals surface area contributed by atoms with Crippen molar-refractivity contribution in [2.24, 2.45) is 5.92 Å². The molecule has 0 bridgehead atoms. The summed E-state index contributed by atoms with van der Waals surface area (Å²) in [4.78, 5) is 25.1. The van der Waals surface area contributed by atoms with Crippen LogP contribution < -0.4 is 0 Å². The van der Waals surface area contributed by atoms with Gasteiger partial charge in [-0.2, -0.15) is 0 Å². The number of nitrogens with zero attached hydrogens (tertiary/aromatic N) is 3. The van der Waals surface area contributed by atoms with Crippen molar-refractivity contribution in [2.45, 2.75) is 66.2 Å². The second-order valence-corrected chi connectivity index (χ2v) is 11.2. The van der Waals surface area contributed by atoms with Gasteiger partial charge in [-0.05, 0) is 92.9 Å². The van der Waals surface area contributed by atoms with Gasteiger partial charge in [-0.1, -0.05) is 33.8 Å². The van der Waals surface area contributed by atoms with E-state index in [9.17, 15) is 4.79 Å². The number of hydrogen-bond acceptors (Lipinski definition) is 3. The van der Waals surface area contributed by atoms with E-state index in [-0.39, 0.29) is 5.91 Å². The topological polar surface area (TPSA) is 52.2 Å². The van der Waals surface area contributed by atoms with Crippen LogP contribution in [0, 0.1) is 19.8 Å². The maximum Gasteiger partial charge on any atom is 0.236 e. The fourth-order valence-corrected chi connectivity index (χ4v) is 5.68. The van der Waals surface area contributed by atoms with Crippen molar-refractivity contribution in [1.29, 1.82) is 0 Å². The van der Waals surface area contributed by atoms with Crippen molar-refractivity contribution < 1.29 is 4.79 Å². The van der Waals surface area contributed by atoms with Crippen LogP contribution in [0.1, 0.15) is 74.9 Å². The second kappa shape index (κ2) is 10.5. The molecular formula is C30H42N4O. The minimum Gasteiger partial charge on any atom is -0.354 e. The average Bonchev–Trinajstić information content (AvgIpc) is 3.17. The molecule has 188 valence electrons. The van der Waals surface area contributed by atoms with Gasteiger partial charge in [-0.25, -0.2) is 0 Å². The van der Waals surface area contributed by atoms with Crippen LogP contribution in [0.15, 0.2) is 30.3 Å². The van der Waals surface area contributed by atoms with Crippen LogP contribution in [-0.4, -0.2) is 58.9 Å². The minimum atomic E-state index is 0.238. The molecule has 1 amide bonds. The van der Waals surface area contributed by atoms with E-state index in [2.05, 4.69) is 86.7 Å². The number of rotatable bonds is 7. The predicted octanol–water partition coefficient (Wildman–Crippen LogP) is 6.26. The number of carbonyl (C=O) groups excluding carboxylic acids is 1. The molecule has 5 heteroatoms. The lowest BCUT2D eigenvalue weighted by Gasteiger charge is -2.33. The summed E-state index contributed by atoms with van der Waals surface area (Å²) in [5, 5.41) is 1.34. The number of fused-ring (bicyclic) bond motifs is 1. The molecule has 35 heavy (non-hydrogen) atoms. The number of benzene rings is 1. The Hall–Kier alpha value is -2.66. The number of nitrogens with one attached hydrogen (secondary N) is 1. The van der Waals surface area contributed by atoms with E-state index in [1.807, 2.05) is 11.9 Å². The van der Waals surface area contributed by atoms with E-state index in [1.165, 1.54) is 33.3 Å². The second-order valence-electron chi connectivity index (χ2n) is 11.2. The van der Waals surface area contributed by atoms with E-state index < -0.39 is 0 Å². The minimum absolute atomic E-state index is 0.238. The van der Waals surface area contributed by atoms with Crippen LogP contribution in [0.2, 0.25) is 0 Å². The summed E-state index contributed by atoms with van der Waals surface area (Å²) in [6, 6.07) is 11.4. The summed E-state index contributed by atoms with van der Waals surface area (Å²) >= 11 is 0. The molecule has 5 nitrogen and oxygen atoms in total. The van der Waals surface area contributed by atoms with Crippen molar-refractivity contribution in [3.8, 4) is 11.3 Å². The average molecular weight is 475 g/mol. The lowest BCUT2D eigenvalue weighted by Crippen LogP contribution is -2.42. The molecule has 0 unspecified atom stereocenters. The molecule has 0 saturated carbocycles. The number of aryl methyl sites for hydroxylation is 2. The molecule has 2 aromatic heterocycles. The predicted molar refractivity (Wildman–Crippen MR) is 146 cm³/mol. The largest absolute Gasteiger partial charge is 0.354 e. The summed E-state index contributed by atoms with van der Waals surface area (Å²) in [6.07, 6.45) is 2.20. The highest BCUT2D eigenvalue weighted by Gasteiger charge is 2.24. The van der Waals surface area contributed by atoms with Crippen molar-refractivity contribution in [1.82, 2.24) is 19.8 Å². The number of likely N-dealkylation sites (tertiary alicyclic amines) is 1. The Labute approximate surface area is 210 Å². The Kier molecular flexibility index (Phi) is 7.65. The molecular weight excluding hydrogens is 432 g/mol.